The molecule has 0 saturated carbocycles. The first-order chi connectivity index (χ1) is 10.2. The molecule has 0 amide bonds. The van der Waals surface area contributed by atoms with Crippen LogP contribution in [0.25, 0.3) is 0 Å². The first-order valence-electron chi connectivity index (χ1n) is 7.88. The van der Waals surface area contributed by atoms with E-state index in [0.29, 0.717) is 0 Å². The molecule has 0 unspecified atom stereocenters. The van der Waals surface area contributed by atoms with Gasteiger partial charge in [0, 0.05) is 39.6 Å². The third-order valence-corrected chi connectivity index (χ3v) is 3.40. The number of unbranched alkanes of at least 4 members (excludes halogenated alkanes) is 3. The number of allylic oxidation sites excluding steroid dienone is 1. The Morgan fingerprint density at radius 3 is 2.86 bits per heavy atom. The van der Waals surface area contributed by atoms with Gasteiger partial charge in [-0.1, -0.05) is 12.5 Å². The van der Waals surface area contributed by atoms with Crippen molar-refractivity contribution in [1.82, 2.24) is 14.8 Å². The Morgan fingerprint density at radius 2 is 2.24 bits per heavy atom. The number of hydrogen-bond acceptors (Lipinski definition) is 1. The summed E-state index contributed by atoms with van der Waals surface area (Å²) >= 11 is 0. The number of aryl methyl sites for hydroxylation is 1. The minimum absolute atomic E-state index is 0.726. The molecule has 0 spiro atoms. The lowest BCUT2D eigenvalue weighted by molar-refractivity contribution is 0.455. The summed E-state index contributed by atoms with van der Waals surface area (Å²) in [6, 6.07) is 2.11. The predicted octanol–water partition coefficient (Wildman–Crippen LogP) is 3.17. The van der Waals surface area contributed by atoms with Gasteiger partial charge in [-0.05, 0) is 37.8 Å². The van der Waals surface area contributed by atoms with E-state index in [2.05, 4.69) is 53.8 Å². The Bertz CT molecular complexity index is 434. The van der Waals surface area contributed by atoms with Crippen molar-refractivity contribution in [2.45, 2.75) is 39.2 Å². The fourth-order valence-electron chi connectivity index (χ4n) is 2.21. The van der Waals surface area contributed by atoms with Crippen LogP contribution in [-0.4, -0.2) is 35.6 Å². The Balaban J connectivity index is 2.44. The van der Waals surface area contributed by atoms with Crippen LogP contribution in [0, 0.1) is 0 Å². The molecule has 0 atom stereocenters. The zero-order valence-electron chi connectivity index (χ0n) is 13.8. The maximum Gasteiger partial charge on any atom is 0.193 e. The lowest BCUT2D eigenvalue weighted by atomic mass is 10.2. The molecule has 0 bridgehead atoms. The van der Waals surface area contributed by atoms with Crippen molar-refractivity contribution >= 4 is 5.96 Å². The average Bonchev–Trinajstić information content (AvgIpc) is 2.88. The summed E-state index contributed by atoms with van der Waals surface area (Å²) in [6.07, 6.45) is 11.0. The van der Waals surface area contributed by atoms with E-state index in [4.69, 9.17) is 4.99 Å². The van der Waals surface area contributed by atoms with Crippen LogP contribution in [0.4, 0.5) is 0 Å². The number of guanidine groups is 1. The zero-order valence-corrected chi connectivity index (χ0v) is 13.8. The lowest BCUT2D eigenvalue weighted by Gasteiger charge is -2.22. The Labute approximate surface area is 129 Å². The average molecular weight is 290 g/mol. The second-order valence-electron chi connectivity index (χ2n) is 5.41. The van der Waals surface area contributed by atoms with Crippen molar-refractivity contribution in [3.8, 4) is 0 Å². The molecule has 1 heterocycles. The molecule has 4 nitrogen and oxygen atoms in total. The second kappa shape index (κ2) is 10.1. The van der Waals surface area contributed by atoms with E-state index in [9.17, 15) is 0 Å². The summed E-state index contributed by atoms with van der Waals surface area (Å²) in [7, 11) is 4.15. The van der Waals surface area contributed by atoms with Crippen molar-refractivity contribution in [2.24, 2.45) is 12.0 Å². The molecule has 0 fully saturated rings. The molecule has 1 rings (SSSR count). The molecule has 0 aliphatic carbocycles. The topological polar surface area (TPSA) is 32.6 Å². The van der Waals surface area contributed by atoms with Crippen molar-refractivity contribution in [2.75, 3.05) is 20.1 Å². The first kappa shape index (κ1) is 17.3. The van der Waals surface area contributed by atoms with E-state index < -0.39 is 0 Å². The zero-order chi connectivity index (χ0) is 15.5. The van der Waals surface area contributed by atoms with Gasteiger partial charge in [-0.25, -0.2) is 4.99 Å². The minimum atomic E-state index is 0.726. The van der Waals surface area contributed by atoms with Crippen LogP contribution in [0.2, 0.25) is 0 Å². The van der Waals surface area contributed by atoms with E-state index in [1.807, 2.05) is 13.1 Å². The maximum absolute atomic E-state index is 4.71. The van der Waals surface area contributed by atoms with Gasteiger partial charge >= 0.3 is 0 Å². The highest BCUT2D eigenvalue weighted by atomic mass is 15.3. The molecule has 0 saturated heterocycles. The predicted molar refractivity (Wildman–Crippen MR) is 91.5 cm³/mol. The van der Waals surface area contributed by atoms with Gasteiger partial charge < -0.3 is 14.8 Å². The summed E-state index contributed by atoms with van der Waals surface area (Å²) in [5.41, 5.74) is 1.24. The number of nitrogens with zero attached hydrogens (tertiary/aromatic N) is 3. The number of nitrogens with one attached hydrogen (secondary N) is 1. The molecular weight excluding hydrogens is 260 g/mol. The summed E-state index contributed by atoms with van der Waals surface area (Å²) in [5.74, 6) is 0.991. The van der Waals surface area contributed by atoms with Gasteiger partial charge in [0.1, 0.15) is 0 Å². The van der Waals surface area contributed by atoms with Crippen LogP contribution in [-0.2, 0) is 13.6 Å². The SMILES string of the molecule is C=CCCCCCN(C)C(=NCc1ccn(C)c1)NCC. The highest BCUT2D eigenvalue weighted by Gasteiger charge is 2.05. The Morgan fingerprint density at radius 1 is 1.43 bits per heavy atom. The molecule has 1 N–H and O–H groups in total. The standard InChI is InChI=1S/C17H30N4/c1-5-7-8-9-10-12-21(4)17(18-6-2)19-14-16-11-13-20(3)15-16/h5,11,13,15H,1,6-10,12,14H2,2-4H3,(H,18,19). The molecule has 1 aromatic heterocycles. The highest BCUT2D eigenvalue weighted by Crippen LogP contribution is 2.04. The lowest BCUT2D eigenvalue weighted by Crippen LogP contribution is -2.39. The van der Waals surface area contributed by atoms with Gasteiger partial charge in [0.15, 0.2) is 5.96 Å². The molecule has 21 heavy (non-hydrogen) atoms. The fourth-order valence-corrected chi connectivity index (χ4v) is 2.21. The van der Waals surface area contributed by atoms with E-state index in [-0.39, 0.29) is 0 Å². The third-order valence-electron chi connectivity index (χ3n) is 3.40. The molecular formula is C17H30N4. The second-order valence-corrected chi connectivity index (χ2v) is 5.41. The normalized spacial score (nSPS) is 11.5. The largest absolute Gasteiger partial charge is 0.357 e. The molecule has 0 aromatic carbocycles. The Hall–Kier alpha value is -1.71. The van der Waals surface area contributed by atoms with Crippen molar-refractivity contribution in [3.05, 3.63) is 36.7 Å². The number of aliphatic imine (C=N–C) groups is 1. The van der Waals surface area contributed by atoms with E-state index in [0.717, 1.165) is 32.0 Å². The quantitative estimate of drug-likeness (QED) is 0.328. The maximum atomic E-state index is 4.71. The first-order valence-corrected chi connectivity index (χ1v) is 7.88. The van der Waals surface area contributed by atoms with Gasteiger partial charge in [-0.15, -0.1) is 6.58 Å². The van der Waals surface area contributed by atoms with E-state index in [1.54, 1.807) is 0 Å². The molecule has 0 aliphatic heterocycles. The summed E-state index contributed by atoms with van der Waals surface area (Å²) in [4.78, 5) is 6.94. The summed E-state index contributed by atoms with van der Waals surface area (Å²) < 4.78 is 2.06. The Kier molecular flexibility index (Phi) is 8.32. The van der Waals surface area contributed by atoms with E-state index >= 15 is 0 Å². The van der Waals surface area contributed by atoms with Crippen LogP contribution in [0.1, 0.15) is 38.2 Å². The highest BCUT2D eigenvalue weighted by molar-refractivity contribution is 5.79. The van der Waals surface area contributed by atoms with Crippen LogP contribution in [0.3, 0.4) is 0 Å². The van der Waals surface area contributed by atoms with Crippen LogP contribution in [0.15, 0.2) is 36.1 Å². The fraction of sp³-hybridized carbons (Fsp3) is 0.588. The molecule has 0 aliphatic rings. The number of hydrogen-bond donors (Lipinski definition) is 1. The van der Waals surface area contributed by atoms with Gasteiger partial charge in [-0.2, -0.15) is 0 Å². The number of rotatable bonds is 9. The summed E-state index contributed by atoms with van der Waals surface area (Å²) in [5, 5.41) is 3.36. The van der Waals surface area contributed by atoms with Crippen LogP contribution in [0.5, 0.6) is 0 Å². The third kappa shape index (κ3) is 7.02. The van der Waals surface area contributed by atoms with Crippen molar-refractivity contribution in [1.29, 1.82) is 0 Å². The molecule has 0 radical (unpaired) electrons. The van der Waals surface area contributed by atoms with Gasteiger partial charge in [0.2, 0.25) is 0 Å². The van der Waals surface area contributed by atoms with Gasteiger partial charge in [0.05, 0.1) is 6.54 Å². The smallest absolute Gasteiger partial charge is 0.193 e. The van der Waals surface area contributed by atoms with Crippen molar-refractivity contribution < 1.29 is 0 Å². The minimum Gasteiger partial charge on any atom is -0.357 e. The van der Waals surface area contributed by atoms with E-state index in [1.165, 1.54) is 24.8 Å². The molecule has 4 heteroatoms. The monoisotopic (exact) mass is 290 g/mol. The number of aromatic nitrogens is 1. The van der Waals surface area contributed by atoms with Crippen LogP contribution < -0.4 is 5.32 Å². The van der Waals surface area contributed by atoms with Gasteiger partial charge in [-0.3, -0.25) is 0 Å². The van der Waals surface area contributed by atoms with Crippen molar-refractivity contribution in [3.63, 3.8) is 0 Å². The molecule has 118 valence electrons. The van der Waals surface area contributed by atoms with Gasteiger partial charge in [0.25, 0.3) is 0 Å². The van der Waals surface area contributed by atoms with Crippen LogP contribution >= 0.6 is 0 Å². The summed E-state index contributed by atoms with van der Waals surface area (Å²) in [6.45, 7) is 8.53. The molecule has 1 aromatic rings.